The van der Waals surface area contributed by atoms with Crippen LogP contribution in [0.15, 0.2) is 36.7 Å². The first-order valence-corrected chi connectivity index (χ1v) is 8.63. The van der Waals surface area contributed by atoms with E-state index in [4.69, 9.17) is 4.74 Å². The highest BCUT2D eigenvalue weighted by molar-refractivity contribution is 6.00. The first-order valence-electron chi connectivity index (χ1n) is 8.63. The second kappa shape index (κ2) is 9.61. The number of ether oxygens (including phenoxy) is 1. The largest absolute Gasteiger partial charge is 0.494 e. The van der Waals surface area contributed by atoms with Crippen molar-refractivity contribution < 1.29 is 14.3 Å². The number of ketones is 1. The number of unbranched alkanes of at least 4 members (excludes halogenated alkanes) is 2. The Morgan fingerprint density at radius 3 is 2.56 bits per heavy atom. The van der Waals surface area contributed by atoms with E-state index in [1.165, 1.54) is 0 Å². The Hall–Kier alpha value is -2.63. The van der Waals surface area contributed by atoms with Gasteiger partial charge in [0.05, 0.1) is 18.5 Å². The van der Waals surface area contributed by atoms with Crippen molar-refractivity contribution in [3.05, 3.63) is 42.2 Å². The van der Waals surface area contributed by atoms with E-state index in [2.05, 4.69) is 17.3 Å². The standard InChI is InChI=1S/C19H25N3O3/c1-3-4-5-12-25-17-8-6-15(7-9-17)18(23)10-11-19(24)21-16-13-20-22(2)14-16/h6-9,13-14H,3-5,10-12H2,1-2H3,(H,21,24). The number of nitrogens with zero attached hydrogens (tertiary/aromatic N) is 2. The van der Waals surface area contributed by atoms with Gasteiger partial charge in [-0.2, -0.15) is 5.10 Å². The molecular weight excluding hydrogens is 318 g/mol. The van der Waals surface area contributed by atoms with Crippen LogP contribution in [0.4, 0.5) is 5.69 Å². The van der Waals surface area contributed by atoms with E-state index in [1.54, 1.807) is 48.4 Å². The van der Waals surface area contributed by atoms with E-state index in [9.17, 15) is 9.59 Å². The van der Waals surface area contributed by atoms with Gasteiger partial charge in [-0.3, -0.25) is 14.3 Å². The Kier molecular flexibility index (Phi) is 7.19. The molecule has 0 bridgehead atoms. The quantitative estimate of drug-likeness (QED) is 0.528. The summed E-state index contributed by atoms with van der Waals surface area (Å²) in [6, 6.07) is 7.09. The first kappa shape index (κ1) is 18.7. The van der Waals surface area contributed by atoms with Crippen LogP contribution in [0, 0.1) is 0 Å². The summed E-state index contributed by atoms with van der Waals surface area (Å²) < 4.78 is 7.23. The van der Waals surface area contributed by atoms with Gasteiger partial charge in [0.25, 0.3) is 0 Å². The molecule has 0 atom stereocenters. The van der Waals surface area contributed by atoms with E-state index in [1.807, 2.05) is 0 Å². The normalized spacial score (nSPS) is 10.5. The van der Waals surface area contributed by atoms with Crippen LogP contribution in [-0.2, 0) is 11.8 Å². The number of carbonyl (C=O) groups excluding carboxylic acids is 2. The number of Topliss-reactive ketones (excluding diaryl/α,β-unsaturated/α-hetero) is 1. The summed E-state index contributed by atoms with van der Waals surface area (Å²) in [5.74, 6) is 0.512. The van der Waals surface area contributed by atoms with E-state index in [0.717, 1.165) is 25.0 Å². The molecule has 0 saturated heterocycles. The van der Waals surface area contributed by atoms with Crippen LogP contribution >= 0.6 is 0 Å². The van der Waals surface area contributed by atoms with Crippen LogP contribution in [0.5, 0.6) is 5.75 Å². The van der Waals surface area contributed by atoms with Crippen LogP contribution in [0.25, 0.3) is 0 Å². The molecule has 134 valence electrons. The van der Waals surface area contributed by atoms with Gasteiger partial charge in [-0.05, 0) is 30.7 Å². The van der Waals surface area contributed by atoms with E-state index < -0.39 is 0 Å². The number of hydrogen-bond donors (Lipinski definition) is 1. The Bertz CT molecular complexity index is 692. The third-order valence-corrected chi connectivity index (χ3v) is 3.76. The van der Waals surface area contributed by atoms with Gasteiger partial charge in [0.2, 0.25) is 5.91 Å². The second-order valence-corrected chi connectivity index (χ2v) is 5.95. The summed E-state index contributed by atoms with van der Waals surface area (Å²) in [5, 5.41) is 6.69. The van der Waals surface area contributed by atoms with Gasteiger partial charge in [0, 0.05) is 31.6 Å². The van der Waals surface area contributed by atoms with Crippen LogP contribution in [0.1, 0.15) is 49.4 Å². The van der Waals surface area contributed by atoms with Gasteiger partial charge < -0.3 is 10.1 Å². The fraction of sp³-hybridized carbons (Fsp3) is 0.421. The molecule has 0 saturated carbocycles. The zero-order chi connectivity index (χ0) is 18.1. The lowest BCUT2D eigenvalue weighted by Crippen LogP contribution is -2.13. The molecule has 25 heavy (non-hydrogen) atoms. The maximum atomic E-state index is 12.2. The predicted octanol–water partition coefficient (Wildman–Crippen LogP) is 3.59. The van der Waals surface area contributed by atoms with E-state index >= 15 is 0 Å². The molecule has 1 aromatic heterocycles. The van der Waals surface area contributed by atoms with Crippen molar-refractivity contribution in [2.75, 3.05) is 11.9 Å². The molecule has 6 nitrogen and oxygen atoms in total. The first-order chi connectivity index (χ1) is 12.1. The molecule has 2 rings (SSSR count). The number of aromatic nitrogens is 2. The van der Waals surface area contributed by atoms with Crippen molar-refractivity contribution in [2.24, 2.45) is 7.05 Å². The molecule has 6 heteroatoms. The summed E-state index contributed by atoms with van der Waals surface area (Å²) >= 11 is 0. The second-order valence-electron chi connectivity index (χ2n) is 5.95. The maximum absolute atomic E-state index is 12.2. The molecule has 2 aromatic rings. The molecule has 0 aliphatic rings. The molecule has 1 heterocycles. The summed E-state index contributed by atoms with van der Waals surface area (Å²) in [7, 11) is 1.77. The molecule has 0 fully saturated rings. The molecule has 0 spiro atoms. The Labute approximate surface area is 148 Å². The van der Waals surface area contributed by atoms with Crippen LogP contribution in [-0.4, -0.2) is 28.1 Å². The average molecular weight is 343 g/mol. The SMILES string of the molecule is CCCCCOc1ccc(C(=O)CCC(=O)Nc2cnn(C)c2)cc1. The maximum Gasteiger partial charge on any atom is 0.224 e. The average Bonchev–Trinajstić information content (AvgIpc) is 3.02. The van der Waals surface area contributed by atoms with Crippen molar-refractivity contribution in [3.8, 4) is 5.75 Å². The number of anilines is 1. The molecule has 1 N–H and O–H groups in total. The number of amides is 1. The lowest BCUT2D eigenvalue weighted by Gasteiger charge is -2.07. The molecule has 1 amide bonds. The van der Waals surface area contributed by atoms with Gasteiger partial charge in [0.15, 0.2) is 5.78 Å². The minimum atomic E-state index is -0.197. The predicted molar refractivity (Wildman–Crippen MR) is 96.9 cm³/mol. The molecule has 0 aliphatic carbocycles. The van der Waals surface area contributed by atoms with Crippen molar-refractivity contribution in [1.29, 1.82) is 0 Å². The number of benzene rings is 1. The minimum absolute atomic E-state index is 0.0566. The van der Waals surface area contributed by atoms with E-state index in [0.29, 0.717) is 17.9 Å². The highest BCUT2D eigenvalue weighted by Crippen LogP contribution is 2.15. The van der Waals surface area contributed by atoms with Crippen molar-refractivity contribution >= 4 is 17.4 Å². The fourth-order valence-electron chi connectivity index (χ4n) is 2.36. The summed E-state index contributed by atoms with van der Waals surface area (Å²) in [4.78, 5) is 24.0. The van der Waals surface area contributed by atoms with Gasteiger partial charge in [0.1, 0.15) is 5.75 Å². The van der Waals surface area contributed by atoms with Crippen LogP contribution in [0.3, 0.4) is 0 Å². The lowest BCUT2D eigenvalue weighted by atomic mass is 10.1. The number of rotatable bonds is 10. The topological polar surface area (TPSA) is 73.2 Å². The van der Waals surface area contributed by atoms with Gasteiger partial charge >= 0.3 is 0 Å². The fourth-order valence-corrected chi connectivity index (χ4v) is 2.36. The number of nitrogens with one attached hydrogen (secondary N) is 1. The van der Waals surface area contributed by atoms with Gasteiger partial charge in [-0.25, -0.2) is 0 Å². The minimum Gasteiger partial charge on any atom is -0.494 e. The van der Waals surface area contributed by atoms with Crippen molar-refractivity contribution in [1.82, 2.24) is 9.78 Å². The summed E-state index contributed by atoms with van der Waals surface area (Å²) in [6.45, 7) is 2.84. The summed E-state index contributed by atoms with van der Waals surface area (Å²) in [5.41, 5.74) is 1.22. The molecular formula is C19H25N3O3. The highest BCUT2D eigenvalue weighted by atomic mass is 16.5. The van der Waals surface area contributed by atoms with Crippen LogP contribution in [0.2, 0.25) is 0 Å². The van der Waals surface area contributed by atoms with Crippen LogP contribution < -0.4 is 10.1 Å². The smallest absolute Gasteiger partial charge is 0.224 e. The zero-order valence-corrected chi connectivity index (χ0v) is 14.8. The third-order valence-electron chi connectivity index (χ3n) is 3.76. The molecule has 0 radical (unpaired) electrons. The summed E-state index contributed by atoms with van der Waals surface area (Å²) in [6.07, 6.45) is 6.93. The molecule has 0 unspecified atom stereocenters. The third kappa shape index (κ3) is 6.41. The number of aryl methyl sites for hydroxylation is 1. The van der Waals surface area contributed by atoms with Crippen molar-refractivity contribution in [3.63, 3.8) is 0 Å². The van der Waals surface area contributed by atoms with Gasteiger partial charge in [-0.15, -0.1) is 0 Å². The number of carbonyl (C=O) groups is 2. The van der Waals surface area contributed by atoms with Crippen molar-refractivity contribution in [2.45, 2.75) is 39.0 Å². The monoisotopic (exact) mass is 343 g/mol. The number of hydrogen-bond acceptors (Lipinski definition) is 4. The zero-order valence-electron chi connectivity index (χ0n) is 14.8. The Morgan fingerprint density at radius 2 is 1.92 bits per heavy atom. The van der Waals surface area contributed by atoms with E-state index in [-0.39, 0.29) is 24.5 Å². The Morgan fingerprint density at radius 1 is 1.16 bits per heavy atom. The molecule has 1 aromatic carbocycles. The molecule has 0 aliphatic heterocycles. The lowest BCUT2D eigenvalue weighted by molar-refractivity contribution is -0.116. The van der Waals surface area contributed by atoms with Gasteiger partial charge in [-0.1, -0.05) is 19.8 Å². The highest BCUT2D eigenvalue weighted by Gasteiger charge is 2.10. The Balaban J connectivity index is 1.75.